The average Bonchev–Trinajstić information content (AvgIpc) is 2.52. The molecule has 0 rings (SSSR count). The Labute approximate surface area is 147 Å². The van der Waals surface area contributed by atoms with Crippen molar-refractivity contribution in [1.82, 2.24) is 16.0 Å². The van der Waals surface area contributed by atoms with Crippen molar-refractivity contribution in [3.05, 3.63) is 0 Å². The Morgan fingerprint density at radius 3 is 1.80 bits per heavy atom. The first-order valence-corrected chi connectivity index (χ1v) is 9.90. The van der Waals surface area contributed by atoms with Crippen molar-refractivity contribution in [2.24, 2.45) is 5.73 Å². The summed E-state index contributed by atoms with van der Waals surface area (Å²) in [6, 6.07) is -1.78. The van der Waals surface area contributed by atoms with E-state index in [1.54, 1.807) is 6.92 Å². The molecule has 25 heavy (non-hydrogen) atoms. The summed E-state index contributed by atoms with van der Waals surface area (Å²) < 4.78 is 11.2. The highest BCUT2D eigenvalue weighted by Crippen LogP contribution is 2.39. The summed E-state index contributed by atoms with van der Waals surface area (Å²) >= 11 is 0. The fourth-order valence-electron chi connectivity index (χ4n) is 2.03. The van der Waals surface area contributed by atoms with Gasteiger partial charge in [0.2, 0.25) is 17.7 Å². The molecule has 11 heteroatoms. The van der Waals surface area contributed by atoms with Crippen LogP contribution in [0.15, 0.2) is 0 Å². The lowest BCUT2D eigenvalue weighted by Crippen LogP contribution is -2.55. The molecule has 0 spiro atoms. The molecule has 0 saturated heterocycles. The van der Waals surface area contributed by atoms with Crippen molar-refractivity contribution in [2.75, 3.05) is 6.54 Å². The first-order chi connectivity index (χ1) is 11.6. The van der Waals surface area contributed by atoms with Gasteiger partial charge in [0.1, 0.15) is 17.9 Å². The van der Waals surface area contributed by atoms with Gasteiger partial charge in [0.05, 0.1) is 6.54 Å². The second-order valence-corrected chi connectivity index (χ2v) is 7.69. The monoisotopic (exact) mass is 380 g/mol. The third-order valence-electron chi connectivity index (χ3n) is 3.48. The van der Waals surface area contributed by atoms with Crippen LogP contribution in [0.3, 0.4) is 0 Å². The Morgan fingerprint density at radius 1 is 0.960 bits per heavy atom. The van der Waals surface area contributed by atoms with Crippen LogP contribution in [0.25, 0.3) is 0 Å². The summed E-state index contributed by atoms with van der Waals surface area (Å²) in [5, 5.41) is 7.22. The molecular formula is C14H29N4O6P. The third kappa shape index (κ3) is 8.97. The minimum absolute atomic E-state index is 0.258. The lowest BCUT2D eigenvalue weighted by molar-refractivity contribution is -0.132. The normalized spacial score (nSPS) is 15.0. The van der Waals surface area contributed by atoms with Gasteiger partial charge < -0.3 is 31.5 Å². The Kier molecular flexibility index (Phi) is 10.5. The average molecular weight is 380 g/mol. The molecule has 0 radical (unpaired) electrons. The molecule has 0 aromatic rings. The van der Waals surface area contributed by atoms with Gasteiger partial charge in [-0.15, -0.1) is 0 Å². The smallest absolute Gasteiger partial charge is 0.343 e. The second-order valence-electron chi connectivity index (χ2n) is 5.74. The van der Waals surface area contributed by atoms with Crippen LogP contribution in [-0.4, -0.2) is 51.9 Å². The van der Waals surface area contributed by atoms with Crippen molar-refractivity contribution < 1.29 is 28.7 Å². The van der Waals surface area contributed by atoms with E-state index in [0.29, 0.717) is 19.3 Å². The molecule has 0 saturated carbocycles. The van der Waals surface area contributed by atoms with Gasteiger partial charge in [0.25, 0.3) is 0 Å². The topological polar surface area (TPSA) is 171 Å². The number of amides is 3. The molecule has 0 aliphatic carbocycles. The number of carbonyl (C=O) groups excluding carboxylic acids is 3. The maximum absolute atomic E-state index is 12.4. The van der Waals surface area contributed by atoms with Gasteiger partial charge in [-0.05, 0) is 19.8 Å². The van der Waals surface area contributed by atoms with Crippen LogP contribution in [0.5, 0.6) is 0 Å². The van der Waals surface area contributed by atoms with E-state index in [0.717, 1.165) is 0 Å². The summed E-state index contributed by atoms with van der Waals surface area (Å²) in [5.41, 5.74) is 5.23. The molecule has 0 bridgehead atoms. The fraction of sp³-hybridized carbons (Fsp3) is 0.786. The SMILES string of the molecule is CCC[C@H](NC(=O)CN)C(=O)N[C@@H](CCC)C(=O)N[C@@H](C)P(=O)(O)O. The van der Waals surface area contributed by atoms with Crippen LogP contribution in [-0.2, 0) is 18.9 Å². The molecule has 10 nitrogen and oxygen atoms in total. The highest BCUT2D eigenvalue weighted by Gasteiger charge is 2.30. The minimum atomic E-state index is -4.47. The summed E-state index contributed by atoms with van der Waals surface area (Å²) in [6.45, 7) is 4.57. The largest absolute Gasteiger partial charge is 0.347 e. The van der Waals surface area contributed by atoms with E-state index in [-0.39, 0.29) is 13.0 Å². The molecule has 7 N–H and O–H groups in total. The van der Waals surface area contributed by atoms with Crippen LogP contribution in [0.1, 0.15) is 46.5 Å². The van der Waals surface area contributed by atoms with Crippen molar-refractivity contribution in [3.8, 4) is 0 Å². The Balaban J connectivity index is 5.01. The lowest BCUT2D eigenvalue weighted by Gasteiger charge is -2.24. The van der Waals surface area contributed by atoms with Gasteiger partial charge in [-0.2, -0.15) is 0 Å². The van der Waals surface area contributed by atoms with Gasteiger partial charge in [-0.25, -0.2) is 0 Å². The minimum Gasteiger partial charge on any atom is -0.343 e. The van der Waals surface area contributed by atoms with E-state index in [1.807, 2.05) is 6.92 Å². The fourth-order valence-corrected chi connectivity index (χ4v) is 2.33. The van der Waals surface area contributed by atoms with Gasteiger partial charge >= 0.3 is 7.60 Å². The van der Waals surface area contributed by atoms with Crippen molar-refractivity contribution in [1.29, 1.82) is 0 Å². The second kappa shape index (κ2) is 11.2. The van der Waals surface area contributed by atoms with Crippen molar-refractivity contribution in [2.45, 2.75) is 64.3 Å². The predicted octanol–water partition coefficient (Wildman–Crippen LogP) is -0.845. The van der Waals surface area contributed by atoms with E-state index in [4.69, 9.17) is 15.5 Å². The van der Waals surface area contributed by atoms with Crippen LogP contribution >= 0.6 is 7.60 Å². The highest BCUT2D eigenvalue weighted by molar-refractivity contribution is 7.52. The van der Waals surface area contributed by atoms with Gasteiger partial charge in [0, 0.05) is 0 Å². The van der Waals surface area contributed by atoms with Gasteiger partial charge in [0.15, 0.2) is 0 Å². The summed E-state index contributed by atoms with van der Waals surface area (Å²) in [6.07, 6.45) is 1.85. The molecule has 3 atom stereocenters. The van der Waals surface area contributed by atoms with Crippen molar-refractivity contribution >= 4 is 25.3 Å². The summed E-state index contributed by atoms with van der Waals surface area (Å²) in [5.74, 6) is -3.08. The zero-order valence-corrected chi connectivity index (χ0v) is 15.7. The highest BCUT2D eigenvalue weighted by atomic mass is 31.2. The number of rotatable bonds is 11. The molecule has 0 heterocycles. The Morgan fingerprint density at radius 2 is 1.40 bits per heavy atom. The van der Waals surface area contributed by atoms with Gasteiger partial charge in [-0.1, -0.05) is 26.7 Å². The van der Waals surface area contributed by atoms with E-state index in [2.05, 4.69) is 16.0 Å². The molecule has 0 fully saturated rings. The number of carbonyl (C=O) groups is 3. The predicted molar refractivity (Wildman–Crippen MR) is 92.4 cm³/mol. The molecule has 0 unspecified atom stereocenters. The third-order valence-corrected chi connectivity index (χ3v) is 4.62. The van der Waals surface area contributed by atoms with Crippen molar-refractivity contribution in [3.63, 3.8) is 0 Å². The molecule has 0 aliphatic rings. The Hall–Kier alpha value is -1.48. The first kappa shape index (κ1) is 23.5. The molecule has 0 aromatic heterocycles. The number of nitrogens with one attached hydrogen (secondary N) is 3. The molecular weight excluding hydrogens is 351 g/mol. The lowest BCUT2D eigenvalue weighted by atomic mass is 10.1. The van der Waals surface area contributed by atoms with E-state index in [9.17, 15) is 18.9 Å². The van der Waals surface area contributed by atoms with Gasteiger partial charge in [-0.3, -0.25) is 18.9 Å². The number of nitrogens with two attached hydrogens (primary N) is 1. The molecule has 0 aromatic carbocycles. The van der Waals surface area contributed by atoms with Crippen LogP contribution in [0, 0.1) is 0 Å². The van der Waals surface area contributed by atoms with E-state index < -0.39 is 43.2 Å². The number of hydrogen-bond acceptors (Lipinski definition) is 5. The summed E-state index contributed by atoms with van der Waals surface area (Å²) in [4.78, 5) is 54.1. The zero-order valence-electron chi connectivity index (χ0n) is 14.8. The summed E-state index contributed by atoms with van der Waals surface area (Å²) in [7, 11) is -4.47. The zero-order chi connectivity index (χ0) is 19.6. The maximum atomic E-state index is 12.4. The van der Waals surface area contributed by atoms with E-state index in [1.165, 1.54) is 6.92 Å². The first-order valence-electron chi connectivity index (χ1n) is 8.22. The Bertz CT molecular complexity index is 510. The quantitative estimate of drug-likeness (QED) is 0.254. The van der Waals surface area contributed by atoms with Crippen LogP contribution < -0.4 is 21.7 Å². The molecule has 3 amide bonds. The van der Waals surface area contributed by atoms with E-state index >= 15 is 0 Å². The van der Waals surface area contributed by atoms with Crippen LogP contribution in [0.2, 0.25) is 0 Å². The maximum Gasteiger partial charge on any atom is 0.347 e. The molecule has 0 aliphatic heterocycles. The van der Waals surface area contributed by atoms with Crippen LogP contribution in [0.4, 0.5) is 0 Å². The number of hydrogen-bond donors (Lipinski definition) is 6. The standard InChI is InChI=1S/C14H29N4O6P/c1-4-6-10(17-12(19)8-15)14(21)18-11(7-5-2)13(20)16-9(3)25(22,23)24/h9-11H,4-8,15H2,1-3H3,(H,16,20)(H,17,19)(H,18,21)(H2,22,23,24)/t9-,10+,11+/m1/s1. The molecule has 146 valence electrons.